The molecule has 0 amide bonds. The lowest BCUT2D eigenvalue weighted by molar-refractivity contribution is 0.0603. The van der Waals surface area contributed by atoms with Gasteiger partial charge in [-0.2, -0.15) is 0 Å². The lowest BCUT2D eigenvalue weighted by Crippen LogP contribution is -2.03. The van der Waals surface area contributed by atoms with Crippen molar-refractivity contribution in [1.29, 1.82) is 0 Å². The van der Waals surface area contributed by atoms with E-state index in [0.29, 0.717) is 5.56 Å². The van der Waals surface area contributed by atoms with Gasteiger partial charge in [0.25, 0.3) is 0 Å². The van der Waals surface area contributed by atoms with Gasteiger partial charge in [-0.1, -0.05) is 15.9 Å². The van der Waals surface area contributed by atoms with E-state index in [9.17, 15) is 4.79 Å². The van der Waals surface area contributed by atoms with Crippen molar-refractivity contribution in [2.45, 2.75) is 6.92 Å². The van der Waals surface area contributed by atoms with Gasteiger partial charge in [0, 0.05) is 15.6 Å². The number of hydrogen-bond donors (Lipinski definition) is 0. The largest absolute Gasteiger partial charge is 0.465 e. The van der Waals surface area contributed by atoms with E-state index in [0.717, 1.165) is 21.1 Å². The molecule has 0 saturated heterocycles. The van der Waals surface area contributed by atoms with Gasteiger partial charge in [-0.3, -0.25) is 4.98 Å². The average Bonchev–Trinajstić information content (AvgIpc) is 2.27. The smallest absolute Gasteiger partial charge is 0.338 e. The number of pyridine rings is 1. The standard InChI is InChI=1S/C12H10BrNO2/c1-7-5-10(12(15)16-2)9-6-8(13)3-4-11(9)14-7/h3-6H,1-2H3. The number of carbonyl (C=O) groups excluding carboxylic acids is 1. The molecule has 0 N–H and O–H groups in total. The van der Waals surface area contributed by atoms with Crippen LogP contribution in [0, 0.1) is 6.92 Å². The van der Waals surface area contributed by atoms with Gasteiger partial charge in [-0.15, -0.1) is 0 Å². The van der Waals surface area contributed by atoms with E-state index < -0.39 is 0 Å². The van der Waals surface area contributed by atoms with Crippen molar-refractivity contribution in [1.82, 2.24) is 4.98 Å². The Labute approximate surface area is 102 Å². The fourth-order valence-corrected chi connectivity index (χ4v) is 1.97. The number of aromatic nitrogens is 1. The van der Waals surface area contributed by atoms with Crippen LogP contribution in [0.4, 0.5) is 0 Å². The molecular formula is C12H10BrNO2. The first kappa shape index (κ1) is 11.1. The van der Waals surface area contributed by atoms with Gasteiger partial charge in [0.2, 0.25) is 0 Å². The van der Waals surface area contributed by atoms with Gasteiger partial charge >= 0.3 is 5.97 Å². The summed E-state index contributed by atoms with van der Waals surface area (Å²) >= 11 is 3.38. The van der Waals surface area contributed by atoms with Crippen LogP contribution < -0.4 is 0 Å². The minimum absolute atomic E-state index is 0.339. The van der Waals surface area contributed by atoms with Gasteiger partial charge < -0.3 is 4.74 Å². The number of nitrogens with zero attached hydrogens (tertiary/aromatic N) is 1. The van der Waals surface area contributed by atoms with Crippen LogP contribution in [0.2, 0.25) is 0 Å². The molecule has 2 rings (SSSR count). The van der Waals surface area contributed by atoms with E-state index in [1.807, 2.05) is 25.1 Å². The number of fused-ring (bicyclic) bond motifs is 1. The Kier molecular flexibility index (Phi) is 2.92. The van der Waals surface area contributed by atoms with Crippen LogP contribution >= 0.6 is 15.9 Å². The molecule has 0 atom stereocenters. The summed E-state index contributed by atoms with van der Waals surface area (Å²) in [6, 6.07) is 7.38. The molecule has 0 aliphatic carbocycles. The van der Waals surface area contributed by atoms with E-state index in [-0.39, 0.29) is 5.97 Å². The summed E-state index contributed by atoms with van der Waals surface area (Å²) in [6.45, 7) is 1.86. The van der Waals surface area contributed by atoms with Crippen molar-refractivity contribution < 1.29 is 9.53 Å². The highest BCUT2D eigenvalue weighted by atomic mass is 79.9. The van der Waals surface area contributed by atoms with Crippen LogP contribution in [0.5, 0.6) is 0 Å². The maximum Gasteiger partial charge on any atom is 0.338 e. The fourth-order valence-electron chi connectivity index (χ4n) is 1.61. The normalized spacial score (nSPS) is 10.4. The molecule has 16 heavy (non-hydrogen) atoms. The van der Waals surface area contributed by atoms with E-state index >= 15 is 0 Å². The second kappa shape index (κ2) is 4.22. The monoisotopic (exact) mass is 279 g/mol. The Hall–Kier alpha value is -1.42. The van der Waals surface area contributed by atoms with Crippen molar-refractivity contribution in [2.75, 3.05) is 7.11 Å². The maximum absolute atomic E-state index is 11.6. The van der Waals surface area contributed by atoms with E-state index in [2.05, 4.69) is 20.9 Å². The molecule has 0 spiro atoms. The molecule has 2 aromatic rings. The molecule has 1 aromatic heterocycles. The summed E-state index contributed by atoms with van der Waals surface area (Å²) < 4.78 is 5.67. The van der Waals surface area contributed by atoms with Crippen LogP contribution in [0.1, 0.15) is 16.1 Å². The highest BCUT2D eigenvalue weighted by Gasteiger charge is 2.12. The summed E-state index contributed by atoms with van der Waals surface area (Å²) in [7, 11) is 1.38. The third kappa shape index (κ3) is 1.93. The Bertz CT molecular complexity index is 566. The quantitative estimate of drug-likeness (QED) is 0.753. The topological polar surface area (TPSA) is 39.2 Å². The van der Waals surface area contributed by atoms with Gasteiger partial charge in [-0.05, 0) is 31.2 Å². The van der Waals surface area contributed by atoms with Crippen molar-refractivity contribution in [2.24, 2.45) is 0 Å². The lowest BCUT2D eigenvalue weighted by atomic mass is 10.1. The molecule has 0 unspecified atom stereocenters. The number of carbonyl (C=O) groups is 1. The van der Waals surface area contributed by atoms with E-state index in [4.69, 9.17) is 4.74 Å². The number of rotatable bonds is 1. The number of hydrogen-bond acceptors (Lipinski definition) is 3. The maximum atomic E-state index is 11.6. The molecule has 4 heteroatoms. The average molecular weight is 280 g/mol. The van der Waals surface area contributed by atoms with Crippen LogP contribution in [0.3, 0.4) is 0 Å². The highest BCUT2D eigenvalue weighted by molar-refractivity contribution is 9.10. The summed E-state index contributed by atoms with van der Waals surface area (Å²) in [5, 5.41) is 0.798. The summed E-state index contributed by atoms with van der Waals surface area (Å²) in [4.78, 5) is 16.0. The van der Waals surface area contributed by atoms with Crippen LogP contribution in [0.15, 0.2) is 28.7 Å². The first-order chi connectivity index (χ1) is 7.61. The van der Waals surface area contributed by atoms with E-state index in [1.54, 1.807) is 6.07 Å². The van der Waals surface area contributed by atoms with Crippen LogP contribution in [-0.2, 0) is 4.74 Å². The molecule has 0 fully saturated rings. The van der Waals surface area contributed by atoms with Crippen molar-refractivity contribution in [3.8, 4) is 0 Å². The number of benzene rings is 1. The number of ether oxygens (including phenoxy) is 1. The first-order valence-electron chi connectivity index (χ1n) is 4.77. The minimum atomic E-state index is -0.339. The molecule has 0 aliphatic rings. The molecular weight excluding hydrogens is 270 g/mol. The fraction of sp³-hybridized carbons (Fsp3) is 0.167. The number of esters is 1. The predicted molar refractivity (Wildman–Crippen MR) is 65.5 cm³/mol. The summed E-state index contributed by atoms with van der Waals surface area (Å²) in [5.41, 5.74) is 2.14. The van der Waals surface area contributed by atoms with Crippen LogP contribution in [-0.4, -0.2) is 18.1 Å². The molecule has 3 nitrogen and oxygen atoms in total. The first-order valence-corrected chi connectivity index (χ1v) is 5.56. The van der Waals surface area contributed by atoms with Gasteiger partial charge in [0.15, 0.2) is 0 Å². The second-order valence-corrected chi connectivity index (χ2v) is 4.38. The summed E-state index contributed by atoms with van der Waals surface area (Å²) in [5.74, 6) is -0.339. The number of halogens is 1. The molecule has 1 heterocycles. The zero-order chi connectivity index (χ0) is 11.7. The van der Waals surface area contributed by atoms with Crippen LogP contribution in [0.25, 0.3) is 10.9 Å². The SMILES string of the molecule is COC(=O)c1cc(C)nc2ccc(Br)cc12. The second-order valence-electron chi connectivity index (χ2n) is 3.46. The lowest BCUT2D eigenvalue weighted by Gasteiger charge is -2.06. The van der Waals surface area contributed by atoms with Gasteiger partial charge in [-0.25, -0.2) is 4.79 Å². The zero-order valence-electron chi connectivity index (χ0n) is 8.95. The molecule has 1 aromatic carbocycles. The van der Waals surface area contributed by atoms with Gasteiger partial charge in [0.1, 0.15) is 0 Å². The molecule has 82 valence electrons. The number of methoxy groups -OCH3 is 1. The summed E-state index contributed by atoms with van der Waals surface area (Å²) in [6.07, 6.45) is 0. The Morgan fingerprint density at radius 2 is 2.12 bits per heavy atom. The zero-order valence-corrected chi connectivity index (χ0v) is 10.5. The van der Waals surface area contributed by atoms with Crippen molar-refractivity contribution >= 4 is 32.8 Å². The van der Waals surface area contributed by atoms with Gasteiger partial charge in [0.05, 0.1) is 18.2 Å². The van der Waals surface area contributed by atoms with E-state index in [1.165, 1.54) is 7.11 Å². The minimum Gasteiger partial charge on any atom is -0.465 e. The number of aryl methyl sites for hydroxylation is 1. The Morgan fingerprint density at radius 1 is 1.38 bits per heavy atom. The Morgan fingerprint density at radius 3 is 2.81 bits per heavy atom. The third-order valence-electron chi connectivity index (χ3n) is 2.30. The van der Waals surface area contributed by atoms with Crippen molar-refractivity contribution in [3.05, 3.63) is 40.0 Å². The predicted octanol–water partition coefficient (Wildman–Crippen LogP) is 3.09. The highest BCUT2D eigenvalue weighted by Crippen LogP contribution is 2.23. The molecule has 0 bridgehead atoms. The molecule has 0 radical (unpaired) electrons. The Balaban J connectivity index is 2.79. The molecule has 0 saturated carbocycles. The van der Waals surface area contributed by atoms with Crippen molar-refractivity contribution in [3.63, 3.8) is 0 Å². The molecule has 0 aliphatic heterocycles. The third-order valence-corrected chi connectivity index (χ3v) is 2.80.